The zero-order chi connectivity index (χ0) is 11.1. The van der Waals surface area contributed by atoms with E-state index in [1.165, 1.54) is 11.8 Å². The largest absolute Gasteiger partial charge is 0.480 e. The van der Waals surface area contributed by atoms with Crippen molar-refractivity contribution in [3.05, 3.63) is 0 Å². The van der Waals surface area contributed by atoms with Crippen molar-refractivity contribution in [2.75, 3.05) is 5.75 Å². The van der Waals surface area contributed by atoms with E-state index in [1.807, 2.05) is 13.8 Å². The van der Waals surface area contributed by atoms with Crippen molar-refractivity contribution < 1.29 is 14.7 Å². The zero-order valence-corrected chi connectivity index (χ0v) is 9.56. The molecule has 0 bridgehead atoms. The van der Waals surface area contributed by atoms with Gasteiger partial charge in [0.05, 0.1) is 5.75 Å². The van der Waals surface area contributed by atoms with Crippen LogP contribution in [-0.4, -0.2) is 34.0 Å². The highest BCUT2D eigenvalue weighted by molar-refractivity contribution is 8.00. The third-order valence-corrected chi connectivity index (χ3v) is 2.68. The lowest BCUT2D eigenvalue weighted by molar-refractivity contribution is -0.141. The van der Waals surface area contributed by atoms with Crippen molar-refractivity contribution in [2.24, 2.45) is 0 Å². The monoisotopic (exact) mass is 219 g/mol. The van der Waals surface area contributed by atoms with E-state index in [2.05, 4.69) is 5.32 Å². The molecule has 82 valence electrons. The molecule has 0 aromatic carbocycles. The van der Waals surface area contributed by atoms with Crippen LogP contribution in [0.25, 0.3) is 0 Å². The Balaban J connectivity index is 3.85. The van der Waals surface area contributed by atoms with Gasteiger partial charge in [0.15, 0.2) is 0 Å². The molecule has 0 saturated carbocycles. The summed E-state index contributed by atoms with van der Waals surface area (Å²) in [6, 6.07) is -0.754. The van der Waals surface area contributed by atoms with Crippen molar-refractivity contribution in [1.29, 1.82) is 0 Å². The van der Waals surface area contributed by atoms with Gasteiger partial charge in [-0.05, 0) is 11.7 Å². The average molecular weight is 219 g/mol. The maximum absolute atomic E-state index is 11.2. The summed E-state index contributed by atoms with van der Waals surface area (Å²) < 4.78 is 0. The van der Waals surface area contributed by atoms with Crippen LogP contribution in [0.5, 0.6) is 0 Å². The third-order valence-electron chi connectivity index (χ3n) is 1.59. The van der Waals surface area contributed by atoms with Gasteiger partial charge in [-0.2, -0.15) is 0 Å². The van der Waals surface area contributed by atoms with Gasteiger partial charge in [-0.3, -0.25) is 4.79 Å². The van der Waals surface area contributed by atoms with E-state index in [4.69, 9.17) is 5.11 Å². The van der Waals surface area contributed by atoms with Gasteiger partial charge >= 0.3 is 5.97 Å². The van der Waals surface area contributed by atoms with Crippen LogP contribution >= 0.6 is 11.8 Å². The lowest BCUT2D eigenvalue weighted by Crippen LogP contribution is -2.41. The lowest BCUT2D eigenvalue weighted by atomic mass is 10.2. The molecule has 1 atom stereocenters. The minimum absolute atomic E-state index is 0.210. The number of carboxylic acids is 1. The van der Waals surface area contributed by atoms with Crippen LogP contribution in [0.15, 0.2) is 0 Å². The summed E-state index contributed by atoms with van der Waals surface area (Å²) in [5, 5.41) is 11.5. The standard InChI is InChI=1S/C9H17NO3S/c1-4-7(9(12)13)10-8(11)5-14-6(2)3/h6-7H,4-5H2,1-3H3,(H,10,11)(H,12,13)/t7-/m1/s1. The van der Waals surface area contributed by atoms with Gasteiger partial charge in [0.25, 0.3) is 0 Å². The fourth-order valence-corrected chi connectivity index (χ4v) is 1.38. The van der Waals surface area contributed by atoms with Crippen LogP contribution in [0.3, 0.4) is 0 Å². The number of carboxylic acid groups (broad SMARTS) is 1. The van der Waals surface area contributed by atoms with E-state index in [0.29, 0.717) is 17.4 Å². The normalized spacial score (nSPS) is 12.6. The minimum Gasteiger partial charge on any atom is -0.480 e. The highest BCUT2D eigenvalue weighted by Crippen LogP contribution is 2.08. The molecule has 14 heavy (non-hydrogen) atoms. The molecule has 0 fully saturated rings. The van der Waals surface area contributed by atoms with Gasteiger partial charge < -0.3 is 10.4 Å². The zero-order valence-electron chi connectivity index (χ0n) is 8.74. The van der Waals surface area contributed by atoms with Gasteiger partial charge in [-0.15, -0.1) is 11.8 Å². The van der Waals surface area contributed by atoms with Crippen molar-refractivity contribution in [2.45, 2.75) is 38.5 Å². The van der Waals surface area contributed by atoms with Crippen molar-refractivity contribution in [1.82, 2.24) is 5.32 Å². The molecule has 0 aliphatic rings. The number of aliphatic carboxylic acids is 1. The highest BCUT2D eigenvalue weighted by Gasteiger charge is 2.17. The summed E-state index contributed by atoms with van der Waals surface area (Å²) in [5.41, 5.74) is 0. The summed E-state index contributed by atoms with van der Waals surface area (Å²) in [4.78, 5) is 21.8. The molecule has 4 nitrogen and oxygen atoms in total. The summed E-state index contributed by atoms with van der Waals surface area (Å²) >= 11 is 1.50. The maximum Gasteiger partial charge on any atom is 0.326 e. The second-order valence-corrected chi connectivity index (χ2v) is 4.79. The van der Waals surface area contributed by atoms with Crippen LogP contribution in [0.1, 0.15) is 27.2 Å². The van der Waals surface area contributed by atoms with Gasteiger partial charge in [0.2, 0.25) is 5.91 Å². The number of carbonyl (C=O) groups is 2. The number of hydrogen-bond acceptors (Lipinski definition) is 3. The molecule has 0 heterocycles. The fraction of sp³-hybridized carbons (Fsp3) is 0.778. The number of thioether (sulfide) groups is 1. The van der Waals surface area contributed by atoms with Gasteiger partial charge in [0, 0.05) is 0 Å². The molecule has 0 saturated heterocycles. The summed E-state index contributed by atoms with van der Waals surface area (Å²) in [5.74, 6) is -0.866. The first kappa shape index (κ1) is 13.3. The SMILES string of the molecule is CC[C@@H](NC(=O)CSC(C)C)C(=O)O. The number of rotatable bonds is 6. The van der Waals surface area contributed by atoms with E-state index < -0.39 is 12.0 Å². The third kappa shape index (κ3) is 5.85. The second kappa shape index (κ2) is 6.70. The number of hydrogen-bond donors (Lipinski definition) is 2. The first-order valence-corrected chi connectivity index (χ1v) is 5.66. The van der Waals surface area contributed by atoms with Gasteiger partial charge in [0.1, 0.15) is 6.04 Å². The maximum atomic E-state index is 11.2. The van der Waals surface area contributed by atoms with Crippen LogP contribution < -0.4 is 5.32 Å². The summed E-state index contributed by atoms with van der Waals surface area (Å²) in [7, 11) is 0. The topological polar surface area (TPSA) is 66.4 Å². The molecule has 0 aliphatic heterocycles. The van der Waals surface area contributed by atoms with Crippen LogP contribution in [0.2, 0.25) is 0 Å². The minimum atomic E-state index is -0.976. The molecule has 0 rings (SSSR count). The molecule has 0 aromatic heterocycles. The Morgan fingerprint density at radius 1 is 1.43 bits per heavy atom. The first-order chi connectivity index (χ1) is 6.47. The van der Waals surface area contributed by atoms with E-state index in [0.717, 1.165) is 0 Å². The Labute approximate surface area is 88.4 Å². The summed E-state index contributed by atoms with van der Waals surface area (Å²) in [6.45, 7) is 5.72. The summed E-state index contributed by atoms with van der Waals surface area (Å²) in [6.07, 6.45) is 0.410. The Hall–Kier alpha value is -0.710. The molecule has 0 spiro atoms. The predicted octanol–water partition coefficient (Wildman–Crippen LogP) is 1.11. The second-order valence-electron chi connectivity index (χ2n) is 3.23. The molecule has 0 radical (unpaired) electrons. The van der Waals surface area contributed by atoms with E-state index in [9.17, 15) is 9.59 Å². The average Bonchev–Trinajstić information content (AvgIpc) is 2.10. The van der Waals surface area contributed by atoms with Crippen molar-refractivity contribution in [3.63, 3.8) is 0 Å². The molecule has 1 amide bonds. The molecule has 0 aliphatic carbocycles. The molecule has 5 heteroatoms. The molecule has 0 aromatic rings. The van der Waals surface area contributed by atoms with E-state index in [1.54, 1.807) is 6.92 Å². The van der Waals surface area contributed by atoms with Crippen molar-refractivity contribution in [3.8, 4) is 0 Å². The van der Waals surface area contributed by atoms with Crippen molar-refractivity contribution >= 4 is 23.6 Å². The quantitative estimate of drug-likeness (QED) is 0.702. The Morgan fingerprint density at radius 2 is 2.00 bits per heavy atom. The molecular formula is C9H17NO3S. The predicted molar refractivity (Wildman–Crippen MR) is 57.5 cm³/mol. The first-order valence-electron chi connectivity index (χ1n) is 4.61. The number of nitrogens with one attached hydrogen (secondary N) is 1. The van der Waals surface area contributed by atoms with E-state index in [-0.39, 0.29) is 5.91 Å². The van der Waals surface area contributed by atoms with Crippen LogP contribution in [0, 0.1) is 0 Å². The molecule has 2 N–H and O–H groups in total. The lowest BCUT2D eigenvalue weighted by Gasteiger charge is -2.12. The van der Waals surface area contributed by atoms with Gasteiger partial charge in [-0.1, -0.05) is 20.8 Å². The Kier molecular flexibility index (Phi) is 6.36. The Bertz CT molecular complexity index is 206. The number of amides is 1. The highest BCUT2D eigenvalue weighted by atomic mass is 32.2. The van der Waals surface area contributed by atoms with E-state index >= 15 is 0 Å². The molecule has 0 unspecified atom stereocenters. The Morgan fingerprint density at radius 3 is 2.36 bits per heavy atom. The number of carbonyl (C=O) groups excluding carboxylic acids is 1. The van der Waals surface area contributed by atoms with Crippen LogP contribution in [0.4, 0.5) is 0 Å². The smallest absolute Gasteiger partial charge is 0.326 e. The fourth-order valence-electron chi connectivity index (χ4n) is 0.817. The van der Waals surface area contributed by atoms with Crippen LogP contribution in [-0.2, 0) is 9.59 Å². The van der Waals surface area contributed by atoms with Gasteiger partial charge in [-0.25, -0.2) is 4.79 Å². The molecular weight excluding hydrogens is 202 g/mol.